The molecule has 1 N–H and O–H groups in total. The highest BCUT2D eigenvalue weighted by Gasteiger charge is 2.29. The van der Waals surface area contributed by atoms with Crippen LogP contribution in [0.2, 0.25) is 0 Å². The third-order valence-electron chi connectivity index (χ3n) is 3.90. The first-order valence-corrected chi connectivity index (χ1v) is 10.1. The maximum atomic E-state index is 13.1. The summed E-state index contributed by atoms with van der Waals surface area (Å²) in [6, 6.07) is 19.0. The first-order chi connectivity index (χ1) is 12.7. The Kier molecular flexibility index (Phi) is 7.38. The van der Waals surface area contributed by atoms with Gasteiger partial charge in [0.1, 0.15) is 0 Å². The molecule has 140 valence electrons. The van der Waals surface area contributed by atoms with E-state index in [0.717, 1.165) is 17.7 Å². The Hall–Kier alpha value is -1.53. The average Bonchev–Trinajstić information content (AvgIpc) is 2.72. The van der Waals surface area contributed by atoms with Crippen molar-refractivity contribution in [3.8, 4) is 0 Å². The second kappa shape index (κ2) is 9.97. The molecule has 0 amide bonds. The summed E-state index contributed by atoms with van der Waals surface area (Å²) in [7, 11) is -3.71. The first kappa shape index (κ1) is 19.2. The largest absolute Gasteiger partial charge is 0.475 e. The molecule has 0 radical (unpaired) electrons. The van der Waals surface area contributed by atoms with Crippen molar-refractivity contribution in [3.05, 3.63) is 71.8 Å². The summed E-state index contributed by atoms with van der Waals surface area (Å²) < 4.78 is 35.2. The molecule has 0 aromatic heterocycles. The maximum absolute atomic E-state index is 13.1. The van der Waals surface area contributed by atoms with Crippen molar-refractivity contribution in [2.75, 3.05) is 26.4 Å². The molecule has 1 fully saturated rings. The Bertz CT molecular complexity index is 644. The van der Waals surface area contributed by atoms with E-state index in [9.17, 15) is 4.57 Å². The number of hydrogen-bond acceptors (Lipinski definition) is 6. The van der Waals surface area contributed by atoms with Gasteiger partial charge in [0.15, 0.2) is 0 Å². The molecule has 1 atom stereocenters. The lowest BCUT2D eigenvalue weighted by molar-refractivity contribution is 0.0416. The number of phosphoric ester groups is 1. The number of nitrogens with one attached hydrogen (secondary N) is 1. The molecular formula is C19H24NO5P. The van der Waals surface area contributed by atoms with Gasteiger partial charge in [0, 0.05) is 6.54 Å². The zero-order valence-corrected chi connectivity index (χ0v) is 15.5. The van der Waals surface area contributed by atoms with E-state index in [-0.39, 0.29) is 25.9 Å². The Balaban J connectivity index is 1.59. The molecule has 6 nitrogen and oxygen atoms in total. The van der Waals surface area contributed by atoms with Gasteiger partial charge in [-0.25, -0.2) is 4.57 Å². The minimum absolute atomic E-state index is 0.0299. The fourth-order valence-corrected chi connectivity index (χ4v) is 3.68. The number of rotatable bonds is 9. The van der Waals surface area contributed by atoms with E-state index in [0.29, 0.717) is 13.2 Å². The summed E-state index contributed by atoms with van der Waals surface area (Å²) in [5.41, 5.74) is 1.80. The molecule has 1 saturated heterocycles. The van der Waals surface area contributed by atoms with Crippen LogP contribution in [0.5, 0.6) is 0 Å². The molecule has 7 heteroatoms. The van der Waals surface area contributed by atoms with Crippen LogP contribution in [0.4, 0.5) is 0 Å². The van der Waals surface area contributed by atoms with Gasteiger partial charge < -0.3 is 10.1 Å². The van der Waals surface area contributed by atoms with Gasteiger partial charge in [-0.05, 0) is 11.1 Å². The molecule has 0 unspecified atom stereocenters. The van der Waals surface area contributed by atoms with Crippen LogP contribution in [-0.2, 0) is 36.1 Å². The Labute approximate surface area is 154 Å². The summed E-state index contributed by atoms with van der Waals surface area (Å²) in [6.45, 7) is 2.43. The number of benzene rings is 2. The van der Waals surface area contributed by atoms with Gasteiger partial charge in [0.05, 0.1) is 39.1 Å². The standard InChI is InChI=1S/C19H24NO5P/c21-26(23-13-17-7-3-1-4-8-17,24-14-18-9-5-2-6-10-18)25-16-19-15-22-12-11-20-19/h1-10,19-20H,11-16H2/t19-/m1/s1. The van der Waals surface area contributed by atoms with Gasteiger partial charge in [-0.3, -0.25) is 13.6 Å². The van der Waals surface area contributed by atoms with E-state index >= 15 is 0 Å². The summed E-state index contributed by atoms with van der Waals surface area (Å²) in [5.74, 6) is 0. The fraction of sp³-hybridized carbons (Fsp3) is 0.368. The molecule has 0 bridgehead atoms. The van der Waals surface area contributed by atoms with E-state index in [1.165, 1.54) is 0 Å². The molecule has 1 heterocycles. The van der Waals surface area contributed by atoms with Crippen molar-refractivity contribution < 1.29 is 22.9 Å². The number of phosphoric acid groups is 1. The van der Waals surface area contributed by atoms with Crippen LogP contribution >= 0.6 is 7.82 Å². The van der Waals surface area contributed by atoms with Crippen molar-refractivity contribution in [1.29, 1.82) is 0 Å². The maximum Gasteiger partial charge on any atom is 0.475 e. The van der Waals surface area contributed by atoms with Crippen molar-refractivity contribution in [1.82, 2.24) is 5.32 Å². The molecule has 2 aromatic rings. The van der Waals surface area contributed by atoms with Gasteiger partial charge in [0.25, 0.3) is 0 Å². The van der Waals surface area contributed by atoms with E-state index in [1.807, 2.05) is 60.7 Å². The highest BCUT2D eigenvalue weighted by Crippen LogP contribution is 2.51. The smallest absolute Gasteiger partial charge is 0.378 e. The Morgan fingerprint density at radius 3 is 2.00 bits per heavy atom. The minimum atomic E-state index is -3.71. The van der Waals surface area contributed by atoms with Gasteiger partial charge in [-0.2, -0.15) is 0 Å². The number of ether oxygens (including phenoxy) is 1. The first-order valence-electron chi connectivity index (χ1n) is 8.66. The molecule has 2 aromatic carbocycles. The quantitative estimate of drug-likeness (QED) is 0.675. The second-order valence-electron chi connectivity index (χ2n) is 5.99. The van der Waals surface area contributed by atoms with E-state index in [1.54, 1.807) is 0 Å². The molecule has 1 aliphatic rings. The van der Waals surface area contributed by atoms with Crippen LogP contribution < -0.4 is 5.32 Å². The normalized spacial score (nSPS) is 17.9. The van der Waals surface area contributed by atoms with Crippen molar-refractivity contribution in [3.63, 3.8) is 0 Å². The lowest BCUT2D eigenvalue weighted by Crippen LogP contribution is -2.44. The molecular weight excluding hydrogens is 353 g/mol. The van der Waals surface area contributed by atoms with Crippen LogP contribution in [0.25, 0.3) is 0 Å². The predicted octanol–water partition coefficient (Wildman–Crippen LogP) is 3.53. The third-order valence-corrected chi connectivity index (χ3v) is 5.25. The molecule has 0 aliphatic carbocycles. The highest BCUT2D eigenvalue weighted by atomic mass is 31.2. The lowest BCUT2D eigenvalue weighted by atomic mass is 10.2. The summed E-state index contributed by atoms with van der Waals surface area (Å²) in [5, 5.41) is 3.26. The lowest BCUT2D eigenvalue weighted by Gasteiger charge is -2.25. The van der Waals surface area contributed by atoms with E-state index < -0.39 is 7.82 Å². The predicted molar refractivity (Wildman–Crippen MR) is 98.6 cm³/mol. The zero-order chi connectivity index (χ0) is 18.1. The zero-order valence-electron chi connectivity index (χ0n) is 14.6. The van der Waals surface area contributed by atoms with Crippen LogP contribution in [-0.4, -0.2) is 32.4 Å². The monoisotopic (exact) mass is 377 g/mol. The fourth-order valence-electron chi connectivity index (χ4n) is 2.48. The Morgan fingerprint density at radius 1 is 0.923 bits per heavy atom. The molecule has 0 spiro atoms. The molecule has 0 saturated carbocycles. The topological polar surface area (TPSA) is 66.0 Å². The average molecular weight is 377 g/mol. The third kappa shape index (κ3) is 6.32. The Morgan fingerprint density at radius 2 is 1.50 bits per heavy atom. The highest BCUT2D eigenvalue weighted by molar-refractivity contribution is 7.48. The van der Waals surface area contributed by atoms with Crippen LogP contribution in [0, 0.1) is 0 Å². The van der Waals surface area contributed by atoms with Crippen LogP contribution in [0.15, 0.2) is 60.7 Å². The molecule has 1 aliphatic heterocycles. The van der Waals surface area contributed by atoms with E-state index in [2.05, 4.69) is 5.32 Å². The summed E-state index contributed by atoms with van der Waals surface area (Å²) in [6.07, 6.45) is 0. The SMILES string of the molecule is O=P(OCc1ccccc1)(OCc1ccccc1)OC[C@H]1COCCN1. The van der Waals surface area contributed by atoms with Crippen LogP contribution in [0.3, 0.4) is 0 Å². The second-order valence-corrected chi connectivity index (χ2v) is 7.66. The van der Waals surface area contributed by atoms with E-state index in [4.69, 9.17) is 18.3 Å². The van der Waals surface area contributed by atoms with Gasteiger partial charge >= 0.3 is 7.82 Å². The van der Waals surface area contributed by atoms with Gasteiger partial charge in [-0.15, -0.1) is 0 Å². The van der Waals surface area contributed by atoms with Crippen molar-refractivity contribution in [2.24, 2.45) is 0 Å². The summed E-state index contributed by atoms with van der Waals surface area (Å²) in [4.78, 5) is 0. The van der Waals surface area contributed by atoms with Gasteiger partial charge in [0.2, 0.25) is 0 Å². The summed E-state index contributed by atoms with van der Waals surface area (Å²) >= 11 is 0. The van der Waals surface area contributed by atoms with Crippen molar-refractivity contribution in [2.45, 2.75) is 19.3 Å². The van der Waals surface area contributed by atoms with Gasteiger partial charge in [-0.1, -0.05) is 60.7 Å². The van der Waals surface area contributed by atoms with Crippen molar-refractivity contribution >= 4 is 7.82 Å². The minimum Gasteiger partial charge on any atom is -0.378 e. The molecule has 26 heavy (non-hydrogen) atoms. The number of hydrogen-bond donors (Lipinski definition) is 1. The van der Waals surface area contributed by atoms with Crippen LogP contribution in [0.1, 0.15) is 11.1 Å². The molecule has 3 rings (SSSR count). The number of morpholine rings is 1.